The summed E-state index contributed by atoms with van der Waals surface area (Å²) in [5.74, 6) is -0.984. The van der Waals surface area contributed by atoms with Gasteiger partial charge in [0.2, 0.25) is 0 Å². The average Bonchev–Trinajstić information content (AvgIpc) is 2.45. The number of nitrogens with one attached hydrogen (secondary N) is 2. The summed E-state index contributed by atoms with van der Waals surface area (Å²) >= 11 is 5.59. The fourth-order valence-corrected chi connectivity index (χ4v) is 1.50. The number of hydrogen-bond acceptors (Lipinski definition) is 5. The van der Waals surface area contributed by atoms with Gasteiger partial charge in [-0.1, -0.05) is 25.4 Å². The van der Waals surface area contributed by atoms with Crippen LogP contribution in [-0.4, -0.2) is 36.0 Å². The van der Waals surface area contributed by atoms with Crippen LogP contribution in [0.25, 0.3) is 0 Å². The van der Waals surface area contributed by atoms with Crippen LogP contribution in [0, 0.1) is 5.92 Å². The molecule has 0 aliphatic carbocycles. The quantitative estimate of drug-likeness (QED) is 0.613. The predicted octanol–water partition coefficient (Wildman–Crippen LogP) is 1.76. The molecule has 0 saturated heterocycles. The first-order chi connectivity index (χ1) is 10.4. The van der Waals surface area contributed by atoms with Gasteiger partial charge in [0.25, 0.3) is 5.91 Å². The van der Waals surface area contributed by atoms with Crippen LogP contribution in [0.4, 0.5) is 4.79 Å². The van der Waals surface area contributed by atoms with Gasteiger partial charge in [-0.2, -0.15) is 0 Å². The highest BCUT2D eigenvalue weighted by Crippen LogP contribution is 2.06. The van der Waals surface area contributed by atoms with Crippen LogP contribution in [0.2, 0.25) is 5.15 Å². The zero-order valence-electron chi connectivity index (χ0n) is 12.4. The largest absolute Gasteiger partial charge is 0.452 e. The molecule has 3 amide bonds. The maximum atomic E-state index is 11.6. The summed E-state index contributed by atoms with van der Waals surface area (Å²) in [4.78, 5) is 38.2. The Labute approximate surface area is 133 Å². The van der Waals surface area contributed by atoms with Crippen molar-refractivity contribution >= 4 is 29.5 Å². The lowest BCUT2D eigenvalue weighted by atomic mass is 10.1. The Balaban J connectivity index is 2.29. The second-order valence-electron chi connectivity index (χ2n) is 4.93. The number of ether oxygens (including phenoxy) is 1. The van der Waals surface area contributed by atoms with Crippen LogP contribution in [0.3, 0.4) is 0 Å². The standard InChI is InChI=1S/C14H18ClN3O4/c1-9(2)5-6-16-14(21)18-12(19)8-22-13(20)10-3-4-11(15)17-7-10/h3-4,7,9H,5-6,8H2,1-2H3,(H2,16,18,19,21). The number of urea groups is 1. The molecule has 0 atom stereocenters. The second-order valence-corrected chi connectivity index (χ2v) is 5.32. The number of pyridine rings is 1. The lowest BCUT2D eigenvalue weighted by Gasteiger charge is -2.08. The highest BCUT2D eigenvalue weighted by molar-refractivity contribution is 6.29. The highest BCUT2D eigenvalue weighted by atomic mass is 35.5. The molecule has 0 spiro atoms. The number of hydrogen-bond donors (Lipinski definition) is 2. The van der Waals surface area contributed by atoms with E-state index < -0.39 is 24.5 Å². The monoisotopic (exact) mass is 327 g/mol. The van der Waals surface area contributed by atoms with E-state index in [1.54, 1.807) is 0 Å². The molecule has 1 heterocycles. The Morgan fingerprint density at radius 2 is 2.05 bits per heavy atom. The van der Waals surface area contributed by atoms with Crippen LogP contribution in [-0.2, 0) is 9.53 Å². The van der Waals surface area contributed by atoms with Crippen LogP contribution in [0.15, 0.2) is 18.3 Å². The maximum absolute atomic E-state index is 11.6. The first-order valence-corrected chi connectivity index (χ1v) is 7.12. The molecule has 2 N–H and O–H groups in total. The van der Waals surface area contributed by atoms with Crippen molar-refractivity contribution in [3.63, 3.8) is 0 Å². The molecule has 0 radical (unpaired) electrons. The average molecular weight is 328 g/mol. The maximum Gasteiger partial charge on any atom is 0.340 e. The Morgan fingerprint density at radius 3 is 2.64 bits per heavy atom. The van der Waals surface area contributed by atoms with E-state index in [-0.39, 0.29) is 10.7 Å². The minimum Gasteiger partial charge on any atom is -0.452 e. The molecule has 0 fully saturated rings. The lowest BCUT2D eigenvalue weighted by molar-refractivity contribution is -0.123. The molecule has 7 nitrogen and oxygen atoms in total. The Bertz CT molecular complexity index is 531. The van der Waals surface area contributed by atoms with E-state index in [0.717, 1.165) is 6.42 Å². The van der Waals surface area contributed by atoms with Gasteiger partial charge in [0.05, 0.1) is 5.56 Å². The van der Waals surface area contributed by atoms with Crippen molar-refractivity contribution < 1.29 is 19.1 Å². The molecule has 0 aliphatic heterocycles. The number of nitrogens with zero attached hydrogens (tertiary/aromatic N) is 1. The molecule has 1 aromatic heterocycles. The second kappa shape index (κ2) is 8.99. The minimum atomic E-state index is -0.723. The minimum absolute atomic E-state index is 0.165. The number of esters is 1. The van der Waals surface area contributed by atoms with Gasteiger partial charge in [-0.05, 0) is 24.5 Å². The SMILES string of the molecule is CC(C)CCNC(=O)NC(=O)COC(=O)c1ccc(Cl)nc1. The van der Waals surface area contributed by atoms with Crippen molar-refractivity contribution in [1.82, 2.24) is 15.6 Å². The number of imide groups is 1. The van der Waals surface area contributed by atoms with E-state index in [1.165, 1.54) is 18.3 Å². The summed E-state index contributed by atoms with van der Waals surface area (Å²) in [6, 6.07) is 2.24. The van der Waals surface area contributed by atoms with E-state index >= 15 is 0 Å². The van der Waals surface area contributed by atoms with Crippen LogP contribution in [0.1, 0.15) is 30.6 Å². The number of carbonyl (C=O) groups is 3. The normalized spacial score (nSPS) is 10.2. The third-order valence-electron chi connectivity index (χ3n) is 2.56. The number of rotatable bonds is 6. The summed E-state index contributed by atoms with van der Waals surface area (Å²) in [5.41, 5.74) is 0.165. The molecule has 22 heavy (non-hydrogen) atoms. The molecule has 1 rings (SSSR count). The van der Waals surface area contributed by atoms with Crippen LogP contribution >= 0.6 is 11.6 Å². The molecular formula is C14H18ClN3O4. The van der Waals surface area contributed by atoms with Gasteiger partial charge in [-0.25, -0.2) is 14.6 Å². The van der Waals surface area contributed by atoms with E-state index in [0.29, 0.717) is 12.5 Å². The van der Waals surface area contributed by atoms with Crippen molar-refractivity contribution in [3.8, 4) is 0 Å². The molecule has 0 aromatic carbocycles. The first-order valence-electron chi connectivity index (χ1n) is 6.75. The lowest BCUT2D eigenvalue weighted by Crippen LogP contribution is -2.41. The zero-order valence-corrected chi connectivity index (χ0v) is 13.1. The summed E-state index contributed by atoms with van der Waals surface area (Å²) in [5, 5.41) is 4.84. The van der Waals surface area contributed by atoms with Gasteiger partial charge < -0.3 is 10.1 Å². The van der Waals surface area contributed by atoms with Crippen LogP contribution < -0.4 is 10.6 Å². The third-order valence-corrected chi connectivity index (χ3v) is 2.78. The van der Waals surface area contributed by atoms with E-state index in [1.807, 2.05) is 13.8 Å². The molecule has 120 valence electrons. The first kappa shape index (κ1) is 17.9. The number of aromatic nitrogens is 1. The molecule has 0 bridgehead atoms. The van der Waals surface area contributed by atoms with Gasteiger partial charge in [0.15, 0.2) is 6.61 Å². The number of halogens is 1. The van der Waals surface area contributed by atoms with E-state index in [2.05, 4.69) is 15.6 Å². The number of amides is 3. The summed E-state index contributed by atoms with van der Waals surface area (Å²) in [6.45, 7) is 3.96. The van der Waals surface area contributed by atoms with Gasteiger partial charge in [0, 0.05) is 12.7 Å². The summed E-state index contributed by atoms with van der Waals surface area (Å²) < 4.78 is 4.76. The molecule has 0 unspecified atom stereocenters. The topological polar surface area (TPSA) is 97.4 Å². The predicted molar refractivity (Wildman–Crippen MR) is 80.5 cm³/mol. The molecule has 8 heteroatoms. The Hall–Kier alpha value is -2.15. The van der Waals surface area contributed by atoms with Gasteiger partial charge >= 0.3 is 12.0 Å². The van der Waals surface area contributed by atoms with Gasteiger partial charge in [0.1, 0.15) is 5.15 Å². The van der Waals surface area contributed by atoms with Crippen molar-refractivity contribution in [1.29, 1.82) is 0 Å². The van der Waals surface area contributed by atoms with Gasteiger partial charge in [-0.3, -0.25) is 10.1 Å². The fourth-order valence-electron chi connectivity index (χ4n) is 1.39. The van der Waals surface area contributed by atoms with Crippen molar-refractivity contribution in [2.24, 2.45) is 5.92 Å². The Morgan fingerprint density at radius 1 is 1.32 bits per heavy atom. The van der Waals surface area contributed by atoms with E-state index in [9.17, 15) is 14.4 Å². The smallest absolute Gasteiger partial charge is 0.340 e. The summed E-state index contributed by atoms with van der Waals surface area (Å²) in [7, 11) is 0. The van der Waals surface area contributed by atoms with Crippen LogP contribution in [0.5, 0.6) is 0 Å². The van der Waals surface area contributed by atoms with Crippen molar-refractivity contribution in [2.45, 2.75) is 20.3 Å². The highest BCUT2D eigenvalue weighted by Gasteiger charge is 2.12. The Kier molecular flexibility index (Phi) is 7.31. The van der Waals surface area contributed by atoms with Crippen molar-refractivity contribution in [3.05, 3.63) is 29.0 Å². The fraction of sp³-hybridized carbons (Fsp3) is 0.429. The molecule has 0 saturated carbocycles. The van der Waals surface area contributed by atoms with Gasteiger partial charge in [-0.15, -0.1) is 0 Å². The number of carbonyl (C=O) groups excluding carboxylic acids is 3. The zero-order chi connectivity index (χ0) is 16.5. The summed E-state index contributed by atoms with van der Waals surface area (Å²) in [6.07, 6.45) is 2.04. The van der Waals surface area contributed by atoms with Crippen molar-refractivity contribution in [2.75, 3.05) is 13.2 Å². The molecule has 0 aliphatic rings. The van der Waals surface area contributed by atoms with E-state index in [4.69, 9.17) is 16.3 Å². The third kappa shape index (κ3) is 7.03. The molecule has 1 aromatic rings. The molecular weight excluding hydrogens is 310 g/mol.